The van der Waals surface area contributed by atoms with E-state index in [0.717, 1.165) is 26.8 Å². The van der Waals surface area contributed by atoms with Crippen LogP contribution in [-0.2, 0) is 62.2 Å². The summed E-state index contributed by atoms with van der Waals surface area (Å²) >= 11 is 0. The number of aliphatic hydroxyl groups excluding tert-OH is 1. The van der Waals surface area contributed by atoms with Crippen LogP contribution in [0.25, 0.3) is 22.3 Å². The van der Waals surface area contributed by atoms with Crippen molar-refractivity contribution >= 4 is 40.6 Å². The SMILES string of the molecule is C=C(C)Cc1c(-c2cc(=O)c3c(O)c(CC(=C)C)c(OC(C)=O)c(CC(=C)C)c3o2)ccc(OC)c1O[C@@H]1O[C@H](C(=O)CO)[C@@H](OC(C)=O)[C@H](OC(C)=O)[C@H]1OC(C)=O. The van der Waals surface area contributed by atoms with E-state index in [4.69, 9.17) is 37.6 Å². The standard InChI is InChI=1S/C43H48O16/c1-19(2)14-27-26(33-17-30(49)34-35(51)28(15-20(3)4)36(53-22(7)45)29(16-21(5)6)38(34)57-33)12-13-32(52-11)37(27)58-43-42(56-25(10)48)41(55-24(9)47)40(54-23(8)46)39(59-43)31(50)18-44/h12-13,17,39-44,51H,1,3,5,14-16,18H2,2,4,6-11H3/t39-,40-,41+,42-,43-/m1/s1. The minimum absolute atomic E-state index is 0.0120. The number of Topliss-reactive ketones (excluding diaryl/α,β-unsaturated/α-hetero) is 1. The molecule has 0 spiro atoms. The monoisotopic (exact) mass is 820 g/mol. The number of phenolic OH excluding ortho intramolecular Hbond substituents is 1. The Morgan fingerprint density at radius 2 is 1.27 bits per heavy atom. The Labute approximate surface area is 339 Å². The third kappa shape index (κ3) is 10.4. The summed E-state index contributed by atoms with van der Waals surface area (Å²) in [5.41, 5.74) is 1.97. The molecule has 1 aromatic heterocycles. The minimum atomic E-state index is -1.80. The van der Waals surface area contributed by atoms with Gasteiger partial charge in [-0.3, -0.25) is 28.8 Å². The number of aliphatic hydroxyl groups is 1. The molecular formula is C43H48O16. The van der Waals surface area contributed by atoms with Crippen LogP contribution >= 0.6 is 0 Å². The second-order valence-electron chi connectivity index (χ2n) is 14.3. The van der Waals surface area contributed by atoms with Crippen molar-refractivity contribution in [2.75, 3.05) is 13.7 Å². The zero-order valence-corrected chi connectivity index (χ0v) is 34.2. The van der Waals surface area contributed by atoms with E-state index in [1.54, 1.807) is 26.8 Å². The molecule has 2 heterocycles. The normalized spacial score (nSPS) is 18.6. The van der Waals surface area contributed by atoms with E-state index >= 15 is 0 Å². The molecule has 2 N–H and O–H groups in total. The average Bonchev–Trinajstić information content (AvgIpc) is 3.12. The number of methoxy groups -OCH3 is 1. The number of fused-ring (bicyclic) bond motifs is 1. The molecule has 1 saturated heterocycles. The van der Waals surface area contributed by atoms with E-state index in [-0.39, 0.29) is 75.5 Å². The smallest absolute Gasteiger partial charge is 0.308 e. The van der Waals surface area contributed by atoms with Crippen LogP contribution in [0.4, 0.5) is 0 Å². The molecule has 3 aromatic rings. The van der Waals surface area contributed by atoms with Crippen LogP contribution in [0.5, 0.6) is 23.0 Å². The first-order valence-corrected chi connectivity index (χ1v) is 18.3. The molecule has 0 saturated carbocycles. The van der Waals surface area contributed by atoms with E-state index in [1.165, 1.54) is 20.1 Å². The summed E-state index contributed by atoms with van der Waals surface area (Å²) in [7, 11) is 1.33. The van der Waals surface area contributed by atoms with Crippen molar-refractivity contribution < 1.29 is 71.8 Å². The Hall–Kier alpha value is -6.26. The molecule has 1 fully saturated rings. The van der Waals surface area contributed by atoms with Crippen LogP contribution in [-0.4, -0.2) is 84.3 Å². The predicted octanol–water partition coefficient (Wildman–Crippen LogP) is 4.92. The lowest BCUT2D eigenvalue weighted by molar-refractivity contribution is -0.278. The van der Waals surface area contributed by atoms with E-state index < -0.39 is 78.2 Å². The van der Waals surface area contributed by atoms with Gasteiger partial charge in [-0.2, -0.15) is 0 Å². The summed E-state index contributed by atoms with van der Waals surface area (Å²) in [5.74, 6) is -4.94. The highest BCUT2D eigenvalue weighted by Crippen LogP contribution is 2.45. The maximum absolute atomic E-state index is 14.1. The molecule has 16 heteroatoms. The van der Waals surface area contributed by atoms with Gasteiger partial charge in [-0.25, -0.2) is 0 Å². The lowest BCUT2D eigenvalue weighted by Gasteiger charge is -2.43. The Kier molecular flexibility index (Phi) is 14.6. The third-order valence-corrected chi connectivity index (χ3v) is 8.79. The second kappa shape index (κ2) is 19.0. The van der Waals surface area contributed by atoms with E-state index in [9.17, 15) is 39.0 Å². The zero-order valence-electron chi connectivity index (χ0n) is 34.2. The van der Waals surface area contributed by atoms with E-state index in [0.29, 0.717) is 16.7 Å². The molecule has 16 nitrogen and oxygen atoms in total. The maximum Gasteiger partial charge on any atom is 0.308 e. The topological polar surface area (TPSA) is 221 Å². The van der Waals surface area contributed by atoms with Gasteiger partial charge in [0.15, 0.2) is 41.0 Å². The van der Waals surface area contributed by atoms with Crippen LogP contribution in [0.15, 0.2) is 63.9 Å². The molecule has 0 amide bonds. The fourth-order valence-electron chi connectivity index (χ4n) is 6.74. The summed E-state index contributed by atoms with van der Waals surface area (Å²) in [5, 5.41) is 21.2. The van der Waals surface area contributed by atoms with E-state index in [2.05, 4.69) is 19.7 Å². The minimum Gasteiger partial charge on any atom is -0.507 e. The molecule has 4 rings (SSSR count). The summed E-state index contributed by atoms with van der Waals surface area (Å²) < 4.78 is 46.6. The number of ketones is 1. The van der Waals surface area contributed by atoms with Crippen molar-refractivity contribution in [3.8, 4) is 34.3 Å². The fourth-order valence-corrected chi connectivity index (χ4v) is 6.74. The summed E-state index contributed by atoms with van der Waals surface area (Å²) in [6.45, 7) is 20.3. The van der Waals surface area contributed by atoms with Gasteiger partial charge in [0.05, 0.1) is 7.11 Å². The van der Waals surface area contributed by atoms with Crippen molar-refractivity contribution in [2.24, 2.45) is 0 Å². The van der Waals surface area contributed by atoms with Gasteiger partial charge in [0.2, 0.25) is 12.4 Å². The van der Waals surface area contributed by atoms with Gasteiger partial charge in [0, 0.05) is 68.9 Å². The first-order chi connectivity index (χ1) is 27.7. The Morgan fingerprint density at radius 3 is 1.80 bits per heavy atom. The largest absolute Gasteiger partial charge is 0.507 e. The molecular weight excluding hydrogens is 772 g/mol. The highest BCUT2D eigenvalue weighted by atomic mass is 16.7. The lowest BCUT2D eigenvalue weighted by atomic mass is 9.93. The van der Waals surface area contributed by atoms with Crippen molar-refractivity contribution in [3.05, 3.63) is 81.6 Å². The first kappa shape index (κ1) is 45.4. The number of allylic oxidation sites excluding steroid dienone is 3. The lowest BCUT2D eigenvalue weighted by Crippen LogP contribution is -2.64. The highest BCUT2D eigenvalue weighted by Gasteiger charge is 2.55. The molecule has 1 aliphatic heterocycles. The van der Waals surface area contributed by atoms with Crippen LogP contribution in [0, 0.1) is 0 Å². The Balaban J connectivity index is 2.07. The van der Waals surface area contributed by atoms with Crippen LogP contribution in [0.2, 0.25) is 0 Å². The molecule has 59 heavy (non-hydrogen) atoms. The maximum atomic E-state index is 14.1. The molecule has 0 aliphatic carbocycles. The average molecular weight is 821 g/mol. The number of carbonyl (C=O) groups is 5. The number of hydrogen-bond acceptors (Lipinski definition) is 16. The van der Waals surface area contributed by atoms with Crippen molar-refractivity contribution in [3.63, 3.8) is 0 Å². The van der Waals surface area contributed by atoms with Crippen LogP contribution in [0.1, 0.15) is 65.2 Å². The summed E-state index contributed by atoms with van der Waals surface area (Å²) in [6, 6.07) is 4.19. The number of aromatic hydroxyl groups is 1. The van der Waals surface area contributed by atoms with E-state index in [1.807, 2.05) is 0 Å². The van der Waals surface area contributed by atoms with Gasteiger partial charge in [-0.15, -0.1) is 0 Å². The quantitative estimate of drug-likeness (QED) is 0.0848. The molecule has 0 bridgehead atoms. The molecule has 0 radical (unpaired) electrons. The van der Waals surface area contributed by atoms with Crippen molar-refractivity contribution in [1.82, 2.24) is 0 Å². The number of benzene rings is 2. The van der Waals surface area contributed by atoms with Gasteiger partial charge < -0.3 is 47.8 Å². The summed E-state index contributed by atoms with van der Waals surface area (Å²) in [4.78, 5) is 76.7. The summed E-state index contributed by atoms with van der Waals surface area (Å²) in [6.07, 6.45) is -8.48. The molecule has 5 atom stereocenters. The van der Waals surface area contributed by atoms with Gasteiger partial charge in [0.1, 0.15) is 34.8 Å². The van der Waals surface area contributed by atoms with Crippen LogP contribution < -0.4 is 19.6 Å². The number of carbonyl (C=O) groups excluding carboxylic acids is 5. The van der Waals surface area contributed by atoms with Gasteiger partial charge >= 0.3 is 23.9 Å². The predicted molar refractivity (Wildman–Crippen MR) is 211 cm³/mol. The van der Waals surface area contributed by atoms with Gasteiger partial charge in [-0.1, -0.05) is 36.5 Å². The Morgan fingerprint density at radius 1 is 0.729 bits per heavy atom. The van der Waals surface area contributed by atoms with Crippen molar-refractivity contribution in [1.29, 1.82) is 0 Å². The molecule has 0 unspecified atom stereocenters. The fraction of sp³-hybridized carbons (Fsp3) is 0.395. The van der Waals surface area contributed by atoms with Crippen molar-refractivity contribution in [2.45, 2.75) is 98.4 Å². The number of hydrogen-bond donors (Lipinski definition) is 2. The number of phenols is 1. The molecule has 1 aliphatic rings. The first-order valence-electron chi connectivity index (χ1n) is 18.3. The van der Waals surface area contributed by atoms with Gasteiger partial charge in [0.25, 0.3) is 0 Å². The third-order valence-electron chi connectivity index (χ3n) is 8.79. The second-order valence-corrected chi connectivity index (χ2v) is 14.3. The van der Waals surface area contributed by atoms with Gasteiger partial charge in [-0.05, 0) is 39.3 Å². The number of ether oxygens (including phenoxy) is 7. The highest BCUT2D eigenvalue weighted by molar-refractivity contribution is 5.93. The zero-order chi connectivity index (χ0) is 44.0. The Bertz CT molecular complexity index is 2280. The number of esters is 4. The molecule has 316 valence electrons. The number of rotatable bonds is 16. The van der Waals surface area contributed by atoms with Crippen LogP contribution in [0.3, 0.4) is 0 Å². The molecule has 2 aromatic carbocycles.